The van der Waals surface area contributed by atoms with Crippen molar-refractivity contribution in [2.75, 3.05) is 22.8 Å². The third-order valence-corrected chi connectivity index (χ3v) is 4.31. The normalized spacial score (nSPS) is 22.1. The van der Waals surface area contributed by atoms with E-state index in [0.29, 0.717) is 17.4 Å². The summed E-state index contributed by atoms with van der Waals surface area (Å²) in [5, 5.41) is 6.18. The van der Waals surface area contributed by atoms with E-state index in [1.807, 2.05) is 6.92 Å². The lowest BCUT2D eigenvalue weighted by Crippen LogP contribution is -2.40. The first kappa shape index (κ1) is 16.8. The van der Waals surface area contributed by atoms with Gasteiger partial charge in [0.1, 0.15) is 0 Å². The van der Waals surface area contributed by atoms with Crippen LogP contribution in [-0.2, 0) is 14.8 Å². The van der Waals surface area contributed by atoms with Crippen LogP contribution in [0.4, 0.5) is 11.4 Å². The van der Waals surface area contributed by atoms with E-state index in [0.717, 1.165) is 31.2 Å². The average Bonchev–Trinajstić information content (AvgIpc) is 2.40. The summed E-state index contributed by atoms with van der Waals surface area (Å²) in [4.78, 5) is 12.4. The molecule has 0 spiro atoms. The van der Waals surface area contributed by atoms with Gasteiger partial charge in [0.05, 0.1) is 17.6 Å². The van der Waals surface area contributed by atoms with Crippen LogP contribution in [0.25, 0.3) is 0 Å². The van der Waals surface area contributed by atoms with Crippen molar-refractivity contribution in [2.24, 2.45) is 5.92 Å². The molecule has 1 aliphatic rings. The molecule has 3 N–H and O–H groups in total. The van der Waals surface area contributed by atoms with Crippen molar-refractivity contribution in [3.63, 3.8) is 0 Å². The second-order valence-corrected chi connectivity index (χ2v) is 7.74. The molecule has 7 heteroatoms. The van der Waals surface area contributed by atoms with E-state index in [9.17, 15) is 13.2 Å². The van der Waals surface area contributed by atoms with Gasteiger partial charge in [-0.15, -0.1) is 0 Å². The highest BCUT2D eigenvalue weighted by atomic mass is 32.2. The van der Waals surface area contributed by atoms with Gasteiger partial charge in [-0.25, -0.2) is 8.42 Å². The van der Waals surface area contributed by atoms with Crippen LogP contribution in [0.3, 0.4) is 0 Å². The summed E-state index contributed by atoms with van der Waals surface area (Å²) < 4.78 is 25.3. The first-order chi connectivity index (χ1) is 10.2. The van der Waals surface area contributed by atoms with Gasteiger partial charge in [-0.3, -0.25) is 9.52 Å². The predicted molar refractivity (Wildman–Crippen MR) is 88.5 cm³/mol. The molecule has 1 heterocycles. The van der Waals surface area contributed by atoms with Gasteiger partial charge < -0.3 is 10.6 Å². The van der Waals surface area contributed by atoms with Crippen LogP contribution in [-0.4, -0.2) is 33.2 Å². The van der Waals surface area contributed by atoms with Crippen molar-refractivity contribution in [1.82, 2.24) is 5.32 Å². The van der Waals surface area contributed by atoms with Crippen molar-refractivity contribution in [1.29, 1.82) is 0 Å². The Bertz CT molecular complexity index is 658. The van der Waals surface area contributed by atoms with Crippen LogP contribution in [0, 0.1) is 12.8 Å². The van der Waals surface area contributed by atoms with Crippen LogP contribution in [0.5, 0.6) is 0 Å². The van der Waals surface area contributed by atoms with E-state index in [1.165, 1.54) is 0 Å². The molecule has 1 amide bonds. The van der Waals surface area contributed by atoms with Crippen molar-refractivity contribution in [3.8, 4) is 0 Å². The molecule has 0 saturated carbocycles. The highest BCUT2D eigenvalue weighted by Crippen LogP contribution is 2.26. The Labute approximate surface area is 131 Å². The summed E-state index contributed by atoms with van der Waals surface area (Å²) in [7, 11) is -3.39. The smallest absolute Gasteiger partial charge is 0.229 e. The van der Waals surface area contributed by atoms with Crippen LogP contribution >= 0.6 is 0 Å². The molecule has 1 aromatic rings. The lowest BCUT2D eigenvalue weighted by Gasteiger charge is -2.27. The van der Waals surface area contributed by atoms with Gasteiger partial charge in [0.25, 0.3) is 0 Å². The summed E-state index contributed by atoms with van der Waals surface area (Å²) in [6.45, 7) is 4.77. The molecule has 0 unspecified atom stereocenters. The van der Waals surface area contributed by atoms with Gasteiger partial charge in [0, 0.05) is 12.0 Å². The highest BCUT2D eigenvalue weighted by molar-refractivity contribution is 7.92. The average molecular weight is 325 g/mol. The molecule has 6 nitrogen and oxygen atoms in total. The molecule has 0 aromatic heterocycles. The van der Waals surface area contributed by atoms with Gasteiger partial charge in [0.15, 0.2) is 0 Å². The standard InChI is InChI=1S/C15H23N3O3S/c1-10-4-5-13(18-22(3,20)21)14(8-10)17-15(19)12-6-7-16-11(2)9-12/h4-5,8,11-12,16,18H,6-7,9H2,1-3H3,(H,17,19)/t11-,12-/m0/s1. The molecule has 1 fully saturated rings. The van der Waals surface area contributed by atoms with E-state index in [-0.39, 0.29) is 11.8 Å². The number of carbonyl (C=O) groups is 1. The molecule has 22 heavy (non-hydrogen) atoms. The molecular weight excluding hydrogens is 302 g/mol. The molecule has 2 atom stereocenters. The minimum absolute atomic E-state index is 0.0529. The fourth-order valence-corrected chi connectivity index (χ4v) is 3.23. The van der Waals surface area contributed by atoms with E-state index in [2.05, 4.69) is 22.3 Å². The van der Waals surface area contributed by atoms with Crippen molar-refractivity contribution in [3.05, 3.63) is 23.8 Å². The first-order valence-electron chi connectivity index (χ1n) is 7.37. The second kappa shape index (κ2) is 6.66. The predicted octanol–water partition coefficient (Wildman–Crippen LogP) is 1.69. The van der Waals surface area contributed by atoms with Crippen molar-refractivity contribution in [2.45, 2.75) is 32.7 Å². The number of hydrogen-bond acceptors (Lipinski definition) is 4. The highest BCUT2D eigenvalue weighted by Gasteiger charge is 2.25. The summed E-state index contributed by atoms with van der Waals surface area (Å²) in [6.07, 6.45) is 2.66. The van der Waals surface area contributed by atoms with Crippen LogP contribution < -0.4 is 15.4 Å². The zero-order valence-electron chi connectivity index (χ0n) is 13.1. The van der Waals surface area contributed by atoms with E-state index in [1.54, 1.807) is 18.2 Å². The van der Waals surface area contributed by atoms with Gasteiger partial charge in [0.2, 0.25) is 15.9 Å². The molecule has 1 saturated heterocycles. The Balaban J connectivity index is 2.17. The van der Waals surface area contributed by atoms with Gasteiger partial charge in [-0.05, 0) is 50.9 Å². The number of piperidine rings is 1. The summed E-state index contributed by atoms with van der Waals surface area (Å²) in [5.74, 6) is -0.113. The van der Waals surface area contributed by atoms with Crippen LogP contribution in [0.1, 0.15) is 25.3 Å². The number of anilines is 2. The molecular formula is C15H23N3O3S. The Morgan fingerprint density at radius 2 is 2.05 bits per heavy atom. The maximum Gasteiger partial charge on any atom is 0.229 e. The molecule has 0 bridgehead atoms. The van der Waals surface area contributed by atoms with E-state index < -0.39 is 10.0 Å². The lowest BCUT2D eigenvalue weighted by molar-refractivity contribution is -0.120. The zero-order chi connectivity index (χ0) is 16.3. The Hall–Kier alpha value is -1.60. The topological polar surface area (TPSA) is 87.3 Å². The first-order valence-corrected chi connectivity index (χ1v) is 9.26. The maximum absolute atomic E-state index is 12.4. The minimum Gasteiger partial charge on any atom is -0.324 e. The number of sulfonamides is 1. The van der Waals surface area contributed by atoms with Crippen LogP contribution in [0.15, 0.2) is 18.2 Å². The third kappa shape index (κ3) is 4.71. The number of hydrogen-bond donors (Lipinski definition) is 3. The zero-order valence-corrected chi connectivity index (χ0v) is 14.0. The molecule has 122 valence electrons. The number of benzene rings is 1. The van der Waals surface area contributed by atoms with Gasteiger partial charge in [-0.1, -0.05) is 6.07 Å². The molecule has 1 aromatic carbocycles. The number of nitrogens with one attached hydrogen (secondary N) is 3. The second-order valence-electron chi connectivity index (χ2n) is 5.99. The van der Waals surface area contributed by atoms with E-state index >= 15 is 0 Å². The third-order valence-electron chi connectivity index (χ3n) is 3.72. The van der Waals surface area contributed by atoms with Gasteiger partial charge in [-0.2, -0.15) is 0 Å². The van der Waals surface area contributed by atoms with Gasteiger partial charge >= 0.3 is 0 Å². The number of carbonyl (C=O) groups excluding carboxylic acids is 1. The Morgan fingerprint density at radius 3 is 2.68 bits per heavy atom. The number of rotatable bonds is 4. The fourth-order valence-electron chi connectivity index (χ4n) is 2.66. The number of amides is 1. The summed E-state index contributed by atoms with van der Waals surface area (Å²) in [6, 6.07) is 5.55. The number of aryl methyl sites for hydroxylation is 1. The Kier molecular flexibility index (Phi) is 5.08. The summed E-state index contributed by atoms with van der Waals surface area (Å²) >= 11 is 0. The van der Waals surface area contributed by atoms with Crippen molar-refractivity contribution < 1.29 is 13.2 Å². The van der Waals surface area contributed by atoms with E-state index in [4.69, 9.17) is 0 Å². The van der Waals surface area contributed by atoms with Crippen molar-refractivity contribution >= 4 is 27.3 Å². The van der Waals surface area contributed by atoms with Crippen LogP contribution in [0.2, 0.25) is 0 Å². The fraction of sp³-hybridized carbons (Fsp3) is 0.533. The Morgan fingerprint density at radius 1 is 1.32 bits per heavy atom. The minimum atomic E-state index is -3.39. The molecule has 0 aliphatic carbocycles. The molecule has 0 radical (unpaired) electrons. The largest absolute Gasteiger partial charge is 0.324 e. The monoisotopic (exact) mass is 325 g/mol. The quantitative estimate of drug-likeness (QED) is 0.786. The molecule has 2 rings (SSSR count). The SMILES string of the molecule is Cc1ccc(NS(C)(=O)=O)c(NC(=O)[C@H]2CCN[C@@H](C)C2)c1. The summed E-state index contributed by atoms with van der Waals surface area (Å²) in [5.41, 5.74) is 1.85. The lowest BCUT2D eigenvalue weighted by atomic mass is 9.92. The maximum atomic E-state index is 12.4. The molecule has 1 aliphatic heterocycles.